The second-order valence-electron chi connectivity index (χ2n) is 3.90. The van der Waals surface area contributed by atoms with E-state index in [9.17, 15) is 18.0 Å². The Balaban J connectivity index is 2.28. The fourth-order valence-corrected chi connectivity index (χ4v) is 1.68. The summed E-state index contributed by atoms with van der Waals surface area (Å²) in [5.41, 5.74) is 0. The highest BCUT2D eigenvalue weighted by atomic mass is 19.4. The summed E-state index contributed by atoms with van der Waals surface area (Å²) in [6, 6.07) is 0. The summed E-state index contributed by atoms with van der Waals surface area (Å²) in [4.78, 5) is 13.0. The van der Waals surface area contributed by atoms with E-state index in [1.165, 1.54) is 7.11 Å². The van der Waals surface area contributed by atoms with Crippen molar-refractivity contribution in [2.45, 2.75) is 25.1 Å². The third kappa shape index (κ3) is 5.36. The lowest BCUT2D eigenvalue weighted by molar-refractivity contribution is -0.160. The minimum Gasteiger partial charge on any atom is -0.467 e. The quantitative estimate of drug-likeness (QED) is 0.708. The van der Waals surface area contributed by atoms with Crippen LogP contribution < -0.4 is 0 Å². The predicted molar refractivity (Wildman–Crippen MR) is 53.5 cm³/mol. The van der Waals surface area contributed by atoms with Crippen LogP contribution in [0.5, 0.6) is 0 Å². The highest BCUT2D eigenvalue weighted by Crippen LogP contribution is 2.21. The molecule has 0 spiro atoms. The minimum absolute atomic E-state index is 0.0391. The molecule has 100 valence electrons. The van der Waals surface area contributed by atoms with E-state index in [1.807, 2.05) is 0 Å². The van der Waals surface area contributed by atoms with E-state index in [4.69, 9.17) is 4.74 Å². The zero-order chi connectivity index (χ0) is 12.9. The van der Waals surface area contributed by atoms with E-state index in [2.05, 4.69) is 4.74 Å². The Bertz CT molecular complexity index is 258. The molecule has 0 N–H and O–H groups in total. The molecule has 1 rings (SSSR count). The number of carbonyl (C=O) groups is 1. The molecule has 1 fully saturated rings. The van der Waals surface area contributed by atoms with Crippen molar-refractivity contribution < 1.29 is 27.4 Å². The summed E-state index contributed by atoms with van der Waals surface area (Å²) >= 11 is 0. The molecule has 0 aromatic carbocycles. The van der Waals surface area contributed by atoms with Gasteiger partial charge in [0.25, 0.3) is 0 Å². The lowest BCUT2D eigenvalue weighted by atomic mass is 10.2. The van der Waals surface area contributed by atoms with E-state index < -0.39 is 24.7 Å². The second-order valence-corrected chi connectivity index (χ2v) is 3.90. The van der Waals surface area contributed by atoms with E-state index in [0.29, 0.717) is 26.2 Å². The molecule has 1 aliphatic rings. The number of morpholine rings is 1. The summed E-state index contributed by atoms with van der Waals surface area (Å²) in [6.07, 6.45) is -5.56. The number of hydrogen-bond acceptors (Lipinski definition) is 4. The van der Waals surface area contributed by atoms with Gasteiger partial charge < -0.3 is 9.47 Å². The van der Waals surface area contributed by atoms with Gasteiger partial charge in [-0.25, -0.2) is 4.79 Å². The summed E-state index contributed by atoms with van der Waals surface area (Å²) in [5.74, 6) is -0.481. The SMILES string of the molecule is COC(=O)C1CN(CCCC(F)(F)F)CCO1. The zero-order valence-corrected chi connectivity index (χ0v) is 9.63. The first-order valence-corrected chi connectivity index (χ1v) is 5.41. The van der Waals surface area contributed by atoms with E-state index in [1.54, 1.807) is 4.90 Å². The van der Waals surface area contributed by atoms with Gasteiger partial charge in [0.2, 0.25) is 0 Å². The van der Waals surface area contributed by atoms with Crippen molar-refractivity contribution in [1.82, 2.24) is 4.90 Å². The maximum atomic E-state index is 12.0. The summed E-state index contributed by atoms with van der Waals surface area (Å²) in [6.45, 7) is 1.50. The average Bonchev–Trinajstić information content (AvgIpc) is 2.27. The van der Waals surface area contributed by atoms with Gasteiger partial charge in [-0.05, 0) is 13.0 Å². The molecule has 1 heterocycles. The standard InChI is InChI=1S/C10H16F3NO3/c1-16-9(15)8-7-14(5-6-17-8)4-2-3-10(11,12)13/h8H,2-7H2,1H3. The molecular formula is C10H16F3NO3. The van der Waals surface area contributed by atoms with Crippen LogP contribution >= 0.6 is 0 Å². The van der Waals surface area contributed by atoms with E-state index in [-0.39, 0.29) is 6.42 Å². The first-order chi connectivity index (χ1) is 7.92. The molecule has 0 aromatic rings. The second kappa shape index (κ2) is 6.20. The summed E-state index contributed by atoms with van der Waals surface area (Å²) < 4.78 is 45.6. The number of rotatable bonds is 4. The Morgan fingerprint density at radius 3 is 2.82 bits per heavy atom. The Kier molecular flexibility index (Phi) is 5.20. The van der Waals surface area contributed by atoms with Gasteiger partial charge in [-0.3, -0.25) is 4.90 Å². The van der Waals surface area contributed by atoms with Crippen LogP contribution in [0.1, 0.15) is 12.8 Å². The van der Waals surface area contributed by atoms with Crippen LogP contribution in [0.3, 0.4) is 0 Å². The zero-order valence-electron chi connectivity index (χ0n) is 9.63. The largest absolute Gasteiger partial charge is 0.467 e. The lowest BCUT2D eigenvalue weighted by Crippen LogP contribution is -2.46. The Morgan fingerprint density at radius 2 is 2.24 bits per heavy atom. The van der Waals surface area contributed by atoms with Gasteiger partial charge in [0.15, 0.2) is 6.10 Å². The van der Waals surface area contributed by atoms with Crippen molar-refractivity contribution in [3.8, 4) is 0 Å². The number of methoxy groups -OCH3 is 1. The van der Waals surface area contributed by atoms with Crippen LogP contribution in [0.2, 0.25) is 0 Å². The van der Waals surface area contributed by atoms with Gasteiger partial charge in [-0.1, -0.05) is 0 Å². The number of ether oxygens (including phenoxy) is 2. The van der Waals surface area contributed by atoms with Crippen LogP contribution in [0.4, 0.5) is 13.2 Å². The number of nitrogens with zero attached hydrogens (tertiary/aromatic N) is 1. The van der Waals surface area contributed by atoms with Gasteiger partial charge in [0.05, 0.1) is 13.7 Å². The van der Waals surface area contributed by atoms with Crippen LogP contribution in [0.25, 0.3) is 0 Å². The highest BCUT2D eigenvalue weighted by Gasteiger charge is 2.29. The van der Waals surface area contributed by atoms with Crippen molar-refractivity contribution in [3.05, 3.63) is 0 Å². The highest BCUT2D eigenvalue weighted by molar-refractivity contribution is 5.74. The van der Waals surface area contributed by atoms with Crippen molar-refractivity contribution >= 4 is 5.97 Å². The number of hydrogen-bond donors (Lipinski definition) is 0. The topological polar surface area (TPSA) is 38.8 Å². The normalized spacial score (nSPS) is 22.5. The fourth-order valence-electron chi connectivity index (χ4n) is 1.68. The first-order valence-electron chi connectivity index (χ1n) is 5.41. The van der Waals surface area contributed by atoms with Gasteiger partial charge in [0.1, 0.15) is 0 Å². The number of alkyl halides is 3. The molecular weight excluding hydrogens is 239 g/mol. The van der Waals surface area contributed by atoms with Crippen LogP contribution in [0.15, 0.2) is 0 Å². The van der Waals surface area contributed by atoms with Gasteiger partial charge in [0, 0.05) is 19.5 Å². The van der Waals surface area contributed by atoms with Gasteiger partial charge in [-0.2, -0.15) is 13.2 Å². The third-order valence-electron chi connectivity index (χ3n) is 2.55. The average molecular weight is 255 g/mol. The molecule has 0 saturated carbocycles. The molecule has 0 aromatic heterocycles. The molecule has 0 amide bonds. The molecule has 1 saturated heterocycles. The first kappa shape index (κ1) is 14.2. The number of halogens is 3. The van der Waals surface area contributed by atoms with Crippen LogP contribution in [-0.2, 0) is 14.3 Å². The molecule has 0 radical (unpaired) electrons. The summed E-state index contributed by atoms with van der Waals surface area (Å²) in [5, 5.41) is 0. The van der Waals surface area contributed by atoms with Crippen molar-refractivity contribution in [3.63, 3.8) is 0 Å². The summed E-state index contributed by atoms with van der Waals surface area (Å²) in [7, 11) is 1.26. The van der Waals surface area contributed by atoms with Crippen LogP contribution in [-0.4, -0.2) is 56.5 Å². The molecule has 7 heteroatoms. The Morgan fingerprint density at radius 1 is 1.53 bits per heavy atom. The predicted octanol–water partition coefficient (Wildman–Crippen LogP) is 1.20. The van der Waals surface area contributed by atoms with Gasteiger partial charge in [-0.15, -0.1) is 0 Å². The van der Waals surface area contributed by atoms with E-state index >= 15 is 0 Å². The maximum Gasteiger partial charge on any atom is 0.389 e. The Hall–Kier alpha value is -0.820. The van der Waals surface area contributed by atoms with Crippen molar-refractivity contribution in [2.24, 2.45) is 0 Å². The van der Waals surface area contributed by atoms with Crippen LogP contribution in [0, 0.1) is 0 Å². The molecule has 0 aliphatic carbocycles. The number of carbonyl (C=O) groups excluding carboxylic acids is 1. The minimum atomic E-state index is -4.12. The molecule has 17 heavy (non-hydrogen) atoms. The third-order valence-corrected chi connectivity index (χ3v) is 2.55. The molecule has 4 nitrogen and oxygen atoms in total. The molecule has 1 aliphatic heterocycles. The van der Waals surface area contributed by atoms with Crippen molar-refractivity contribution in [2.75, 3.05) is 33.4 Å². The Labute approximate surface area is 97.7 Å². The van der Waals surface area contributed by atoms with E-state index in [0.717, 1.165) is 0 Å². The lowest BCUT2D eigenvalue weighted by Gasteiger charge is -2.31. The van der Waals surface area contributed by atoms with Crippen molar-refractivity contribution in [1.29, 1.82) is 0 Å². The molecule has 0 bridgehead atoms. The molecule has 1 atom stereocenters. The number of esters is 1. The maximum absolute atomic E-state index is 12.0. The smallest absolute Gasteiger partial charge is 0.389 e. The monoisotopic (exact) mass is 255 g/mol. The molecule has 1 unspecified atom stereocenters. The van der Waals surface area contributed by atoms with Gasteiger partial charge >= 0.3 is 12.1 Å². The fraction of sp³-hybridized carbons (Fsp3) is 0.900.